The second-order valence-corrected chi connectivity index (χ2v) is 5.34. The molecule has 2 rings (SSSR count). The first-order valence-corrected chi connectivity index (χ1v) is 6.05. The highest BCUT2D eigenvalue weighted by Crippen LogP contribution is 2.38. The van der Waals surface area contributed by atoms with Gasteiger partial charge in [0.1, 0.15) is 5.82 Å². The first-order valence-electron chi connectivity index (χ1n) is 5.67. The van der Waals surface area contributed by atoms with E-state index < -0.39 is 11.4 Å². The molecule has 0 aliphatic heterocycles. The minimum atomic E-state index is -1.08. The number of aliphatic hydroxyl groups is 1. The Balaban J connectivity index is 2.19. The Bertz CT molecular complexity index is 386. The van der Waals surface area contributed by atoms with Crippen LogP contribution in [-0.4, -0.2) is 5.11 Å². The third-order valence-corrected chi connectivity index (χ3v) is 3.66. The Hall–Kier alpha value is -0.600. The molecule has 88 valence electrons. The van der Waals surface area contributed by atoms with Crippen molar-refractivity contribution in [2.75, 3.05) is 0 Å². The maximum absolute atomic E-state index is 13.7. The molecule has 1 aromatic rings. The third kappa shape index (κ3) is 2.38. The summed E-state index contributed by atoms with van der Waals surface area (Å²) in [4.78, 5) is 0. The zero-order valence-corrected chi connectivity index (χ0v) is 10.1. The van der Waals surface area contributed by atoms with E-state index in [2.05, 4.69) is 0 Å². The van der Waals surface area contributed by atoms with Gasteiger partial charge in [-0.3, -0.25) is 0 Å². The molecule has 1 aliphatic carbocycles. The van der Waals surface area contributed by atoms with E-state index in [0.29, 0.717) is 22.9 Å². The molecular formula is C13H16ClFO. The van der Waals surface area contributed by atoms with Crippen LogP contribution >= 0.6 is 11.6 Å². The van der Waals surface area contributed by atoms with Gasteiger partial charge in [-0.25, -0.2) is 4.39 Å². The summed E-state index contributed by atoms with van der Waals surface area (Å²) in [5.74, 6) is 0.113. The van der Waals surface area contributed by atoms with Crippen LogP contribution in [0.25, 0.3) is 0 Å². The van der Waals surface area contributed by atoms with E-state index in [4.69, 9.17) is 11.6 Å². The van der Waals surface area contributed by atoms with Crippen LogP contribution in [0.2, 0.25) is 5.02 Å². The van der Waals surface area contributed by atoms with Gasteiger partial charge in [-0.2, -0.15) is 0 Å². The Morgan fingerprint density at radius 2 is 2.19 bits per heavy atom. The van der Waals surface area contributed by atoms with E-state index in [9.17, 15) is 9.50 Å². The molecule has 16 heavy (non-hydrogen) atoms. The van der Waals surface area contributed by atoms with Gasteiger partial charge in [0.25, 0.3) is 0 Å². The summed E-state index contributed by atoms with van der Waals surface area (Å²) in [6, 6.07) is 4.46. The fourth-order valence-corrected chi connectivity index (χ4v) is 2.45. The normalized spacial score (nSPS) is 20.2. The van der Waals surface area contributed by atoms with Gasteiger partial charge in [-0.1, -0.05) is 36.9 Å². The van der Waals surface area contributed by atoms with Crippen LogP contribution in [0.15, 0.2) is 18.2 Å². The predicted octanol–water partition coefficient (Wildman–Crippen LogP) is 3.88. The lowest BCUT2D eigenvalue weighted by molar-refractivity contribution is 0.0131. The minimum Gasteiger partial charge on any atom is -0.385 e. The van der Waals surface area contributed by atoms with E-state index in [1.807, 2.05) is 0 Å². The quantitative estimate of drug-likeness (QED) is 0.853. The van der Waals surface area contributed by atoms with Crippen LogP contribution < -0.4 is 0 Å². The molecular weight excluding hydrogens is 227 g/mol. The van der Waals surface area contributed by atoms with Crippen molar-refractivity contribution in [2.45, 2.75) is 38.2 Å². The van der Waals surface area contributed by atoms with Gasteiger partial charge >= 0.3 is 0 Å². The highest BCUT2D eigenvalue weighted by Gasteiger charge is 2.32. The Kier molecular flexibility index (Phi) is 3.22. The number of hydrogen-bond acceptors (Lipinski definition) is 1. The molecule has 1 atom stereocenters. The highest BCUT2D eigenvalue weighted by molar-refractivity contribution is 6.30. The molecule has 3 heteroatoms. The van der Waals surface area contributed by atoms with E-state index >= 15 is 0 Å². The largest absolute Gasteiger partial charge is 0.385 e. The van der Waals surface area contributed by atoms with Crippen LogP contribution in [0.5, 0.6) is 0 Å². The van der Waals surface area contributed by atoms with Gasteiger partial charge < -0.3 is 5.11 Å². The maximum atomic E-state index is 13.7. The summed E-state index contributed by atoms with van der Waals surface area (Å²) in [6.45, 7) is 1.68. The molecule has 0 saturated heterocycles. The van der Waals surface area contributed by atoms with Crippen LogP contribution in [0.4, 0.5) is 4.39 Å². The first kappa shape index (κ1) is 11.9. The van der Waals surface area contributed by atoms with Gasteiger partial charge in [-0.15, -0.1) is 0 Å². The lowest BCUT2D eigenvalue weighted by atomic mass is 9.76. The summed E-state index contributed by atoms with van der Waals surface area (Å²) in [5, 5.41) is 10.7. The summed E-state index contributed by atoms with van der Waals surface area (Å²) in [6.07, 6.45) is 4.14. The summed E-state index contributed by atoms with van der Waals surface area (Å²) in [7, 11) is 0. The van der Waals surface area contributed by atoms with Crippen LogP contribution in [-0.2, 0) is 5.60 Å². The average Bonchev–Trinajstić information content (AvgIpc) is 2.11. The molecule has 0 bridgehead atoms. The molecule has 1 saturated carbocycles. The molecule has 0 radical (unpaired) electrons. The van der Waals surface area contributed by atoms with Crippen molar-refractivity contribution in [3.05, 3.63) is 34.6 Å². The highest BCUT2D eigenvalue weighted by atomic mass is 35.5. The van der Waals surface area contributed by atoms with Crippen molar-refractivity contribution < 1.29 is 9.50 Å². The smallest absolute Gasteiger partial charge is 0.130 e. The maximum Gasteiger partial charge on any atom is 0.130 e. The standard InChI is InChI=1S/C13H16ClFO/c1-13(16,8-9-3-2-4-9)11-6-5-10(14)7-12(11)15/h5-7,9,16H,2-4,8H2,1H3. The zero-order valence-electron chi connectivity index (χ0n) is 9.34. The minimum absolute atomic E-state index is 0.351. The molecule has 0 heterocycles. The van der Waals surface area contributed by atoms with Gasteiger partial charge in [0.05, 0.1) is 5.60 Å². The molecule has 0 aromatic heterocycles. The van der Waals surface area contributed by atoms with Crippen LogP contribution in [0, 0.1) is 11.7 Å². The van der Waals surface area contributed by atoms with Crippen LogP contribution in [0.1, 0.15) is 38.2 Å². The van der Waals surface area contributed by atoms with Gasteiger partial charge in [0.15, 0.2) is 0 Å². The van der Waals surface area contributed by atoms with Crippen LogP contribution in [0.3, 0.4) is 0 Å². The second kappa shape index (κ2) is 4.34. The summed E-state index contributed by atoms with van der Waals surface area (Å²) in [5.41, 5.74) is -0.733. The predicted molar refractivity (Wildman–Crippen MR) is 62.9 cm³/mol. The molecule has 0 amide bonds. The molecule has 1 unspecified atom stereocenters. The Morgan fingerprint density at radius 3 is 2.69 bits per heavy atom. The summed E-state index contributed by atoms with van der Waals surface area (Å²) < 4.78 is 13.7. The third-order valence-electron chi connectivity index (χ3n) is 3.42. The molecule has 1 aromatic carbocycles. The average molecular weight is 243 g/mol. The number of halogens is 2. The lowest BCUT2D eigenvalue weighted by Gasteiger charge is -2.33. The second-order valence-electron chi connectivity index (χ2n) is 4.90. The molecule has 0 spiro atoms. The van der Waals surface area contributed by atoms with Crippen molar-refractivity contribution in [1.82, 2.24) is 0 Å². The zero-order chi connectivity index (χ0) is 11.8. The van der Waals surface area contributed by atoms with E-state index in [-0.39, 0.29) is 0 Å². The lowest BCUT2D eigenvalue weighted by Crippen LogP contribution is -2.28. The number of benzene rings is 1. The molecule has 1 aliphatic rings. The van der Waals surface area contributed by atoms with Crippen molar-refractivity contribution in [3.63, 3.8) is 0 Å². The summed E-state index contributed by atoms with van der Waals surface area (Å²) >= 11 is 5.69. The van der Waals surface area contributed by atoms with Gasteiger partial charge in [0, 0.05) is 10.6 Å². The molecule has 1 N–H and O–H groups in total. The topological polar surface area (TPSA) is 20.2 Å². The number of rotatable bonds is 3. The first-order chi connectivity index (χ1) is 7.49. The van der Waals surface area contributed by atoms with Crippen molar-refractivity contribution in [2.24, 2.45) is 5.92 Å². The van der Waals surface area contributed by atoms with Crippen molar-refractivity contribution in [1.29, 1.82) is 0 Å². The molecule has 1 fully saturated rings. The van der Waals surface area contributed by atoms with Gasteiger partial charge in [-0.05, 0) is 31.4 Å². The van der Waals surface area contributed by atoms with Crippen molar-refractivity contribution in [3.8, 4) is 0 Å². The van der Waals surface area contributed by atoms with E-state index in [1.165, 1.54) is 12.5 Å². The molecule has 1 nitrogen and oxygen atoms in total. The Morgan fingerprint density at radius 1 is 1.50 bits per heavy atom. The number of hydrogen-bond donors (Lipinski definition) is 1. The fourth-order valence-electron chi connectivity index (χ4n) is 2.30. The fraction of sp³-hybridized carbons (Fsp3) is 0.538. The van der Waals surface area contributed by atoms with E-state index in [1.54, 1.807) is 19.1 Å². The Labute approximate surface area is 100 Å². The monoisotopic (exact) mass is 242 g/mol. The van der Waals surface area contributed by atoms with Crippen molar-refractivity contribution >= 4 is 11.6 Å². The SMILES string of the molecule is CC(O)(CC1CCC1)c1ccc(Cl)cc1F. The van der Waals surface area contributed by atoms with E-state index in [0.717, 1.165) is 12.8 Å². The van der Waals surface area contributed by atoms with Gasteiger partial charge in [0.2, 0.25) is 0 Å².